The molecule has 6 nitrogen and oxygen atoms in total. The summed E-state index contributed by atoms with van der Waals surface area (Å²) < 4.78 is 36.6. The molecule has 8 heteroatoms. The SMILES string of the molecule is COc1cc(/C=C/C(=O)c2ccc(F)cc2F)c([N+](=O)[O-])cc1OC. The van der Waals surface area contributed by atoms with E-state index in [1.165, 1.54) is 20.3 Å². The maximum atomic E-state index is 13.6. The van der Waals surface area contributed by atoms with Crippen molar-refractivity contribution in [3.63, 3.8) is 0 Å². The standard InChI is InChI=1S/C17H13F2NO5/c1-24-16-7-10(14(20(22)23)9-17(16)25-2)3-6-15(21)12-5-4-11(18)8-13(12)19/h3-9H,1-2H3/b6-3+. The maximum absolute atomic E-state index is 13.6. The van der Waals surface area contributed by atoms with E-state index in [2.05, 4.69) is 0 Å². The summed E-state index contributed by atoms with van der Waals surface area (Å²) in [5.74, 6) is -2.21. The third-order valence-electron chi connectivity index (χ3n) is 3.34. The van der Waals surface area contributed by atoms with Gasteiger partial charge in [-0.2, -0.15) is 0 Å². The molecular weight excluding hydrogens is 336 g/mol. The maximum Gasteiger partial charge on any atom is 0.280 e. The molecule has 0 atom stereocenters. The van der Waals surface area contributed by atoms with E-state index in [-0.39, 0.29) is 28.3 Å². The van der Waals surface area contributed by atoms with Crippen molar-refractivity contribution in [1.82, 2.24) is 0 Å². The van der Waals surface area contributed by atoms with Crippen molar-refractivity contribution in [3.8, 4) is 11.5 Å². The van der Waals surface area contributed by atoms with Crippen LogP contribution in [0.4, 0.5) is 14.5 Å². The lowest BCUT2D eigenvalue weighted by molar-refractivity contribution is -0.385. The van der Waals surface area contributed by atoms with Crippen molar-refractivity contribution in [1.29, 1.82) is 0 Å². The van der Waals surface area contributed by atoms with Gasteiger partial charge in [0.1, 0.15) is 11.6 Å². The zero-order valence-electron chi connectivity index (χ0n) is 13.3. The lowest BCUT2D eigenvalue weighted by Gasteiger charge is -2.08. The second-order valence-corrected chi connectivity index (χ2v) is 4.84. The van der Waals surface area contributed by atoms with Crippen LogP contribution in [0.3, 0.4) is 0 Å². The molecule has 2 aromatic rings. The Morgan fingerprint density at radius 3 is 2.32 bits per heavy atom. The Hall–Kier alpha value is -3.29. The summed E-state index contributed by atoms with van der Waals surface area (Å²) in [6.07, 6.45) is 2.12. The Morgan fingerprint density at radius 2 is 1.76 bits per heavy atom. The highest BCUT2D eigenvalue weighted by atomic mass is 19.1. The minimum absolute atomic E-state index is 0.0681. The van der Waals surface area contributed by atoms with Crippen LogP contribution in [0.5, 0.6) is 11.5 Å². The molecule has 0 heterocycles. The molecular formula is C17H13F2NO5. The Bertz CT molecular complexity index is 864. The van der Waals surface area contributed by atoms with Crippen molar-refractivity contribution in [3.05, 3.63) is 69.3 Å². The van der Waals surface area contributed by atoms with Gasteiger partial charge >= 0.3 is 0 Å². The number of rotatable bonds is 6. The molecule has 2 rings (SSSR count). The molecule has 0 aromatic heterocycles. The number of nitrogens with zero attached hydrogens (tertiary/aromatic N) is 1. The first-order chi connectivity index (χ1) is 11.9. The van der Waals surface area contributed by atoms with Crippen LogP contribution < -0.4 is 9.47 Å². The number of carbonyl (C=O) groups excluding carboxylic acids is 1. The summed E-state index contributed by atoms with van der Waals surface area (Å²) in [4.78, 5) is 22.6. The average molecular weight is 349 g/mol. The average Bonchev–Trinajstić information content (AvgIpc) is 2.58. The molecule has 0 amide bonds. The monoisotopic (exact) mass is 349 g/mol. The number of benzene rings is 2. The zero-order valence-corrected chi connectivity index (χ0v) is 13.3. The van der Waals surface area contributed by atoms with Crippen molar-refractivity contribution < 1.29 is 28.0 Å². The van der Waals surface area contributed by atoms with Gasteiger partial charge in [-0.05, 0) is 30.4 Å². The third kappa shape index (κ3) is 3.97. The summed E-state index contributed by atoms with van der Waals surface area (Å²) in [6, 6.07) is 5.01. The van der Waals surface area contributed by atoms with Crippen LogP contribution in [0, 0.1) is 21.7 Å². The first-order valence-electron chi connectivity index (χ1n) is 6.95. The van der Waals surface area contributed by atoms with E-state index in [1.807, 2.05) is 0 Å². The summed E-state index contributed by atoms with van der Waals surface area (Å²) in [5.41, 5.74) is -0.597. The molecule has 0 saturated heterocycles. The van der Waals surface area contributed by atoms with Crippen LogP contribution in [0.1, 0.15) is 15.9 Å². The quantitative estimate of drug-likeness (QED) is 0.343. The first kappa shape index (κ1) is 18.1. The fraction of sp³-hybridized carbons (Fsp3) is 0.118. The van der Waals surface area contributed by atoms with Crippen molar-refractivity contribution in [2.24, 2.45) is 0 Å². The molecule has 25 heavy (non-hydrogen) atoms. The molecule has 0 aliphatic rings. The molecule has 0 saturated carbocycles. The van der Waals surface area contributed by atoms with Crippen molar-refractivity contribution >= 4 is 17.5 Å². The van der Waals surface area contributed by atoms with E-state index in [9.17, 15) is 23.7 Å². The van der Waals surface area contributed by atoms with E-state index in [4.69, 9.17) is 9.47 Å². The smallest absolute Gasteiger partial charge is 0.280 e. The van der Waals surface area contributed by atoms with Gasteiger partial charge in [0, 0.05) is 6.07 Å². The molecule has 0 N–H and O–H groups in total. The molecule has 0 radical (unpaired) electrons. The fourth-order valence-electron chi connectivity index (χ4n) is 2.12. The van der Waals surface area contributed by atoms with Gasteiger partial charge in [0.2, 0.25) is 0 Å². The predicted molar refractivity (Wildman–Crippen MR) is 85.9 cm³/mol. The number of nitro groups is 1. The van der Waals surface area contributed by atoms with E-state index in [1.54, 1.807) is 0 Å². The van der Waals surface area contributed by atoms with Crippen molar-refractivity contribution in [2.75, 3.05) is 14.2 Å². The number of ether oxygens (including phenoxy) is 2. The molecule has 130 valence electrons. The Kier molecular flexibility index (Phi) is 5.43. The molecule has 0 aliphatic heterocycles. The second kappa shape index (κ2) is 7.52. The van der Waals surface area contributed by atoms with Crippen molar-refractivity contribution in [2.45, 2.75) is 0 Å². The van der Waals surface area contributed by atoms with Gasteiger partial charge in [-0.1, -0.05) is 0 Å². The van der Waals surface area contributed by atoms with Gasteiger partial charge in [0.25, 0.3) is 5.69 Å². The highest BCUT2D eigenvalue weighted by Gasteiger charge is 2.18. The predicted octanol–water partition coefficient (Wildman–Crippen LogP) is 3.79. The van der Waals surface area contributed by atoms with Gasteiger partial charge in [-0.15, -0.1) is 0 Å². The van der Waals surface area contributed by atoms with E-state index < -0.39 is 22.3 Å². The number of nitro benzene ring substituents is 1. The fourth-order valence-corrected chi connectivity index (χ4v) is 2.12. The van der Waals surface area contributed by atoms with E-state index in [0.29, 0.717) is 6.07 Å². The highest BCUT2D eigenvalue weighted by molar-refractivity contribution is 6.07. The highest BCUT2D eigenvalue weighted by Crippen LogP contribution is 2.35. The summed E-state index contributed by atoms with van der Waals surface area (Å²) in [6.45, 7) is 0. The number of hydrogen-bond donors (Lipinski definition) is 0. The topological polar surface area (TPSA) is 78.7 Å². The zero-order chi connectivity index (χ0) is 18.6. The summed E-state index contributed by atoms with van der Waals surface area (Å²) in [7, 11) is 2.69. The Labute approximate surface area is 141 Å². The van der Waals surface area contributed by atoms with Gasteiger partial charge in [-0.3, -0.25) is 14.9 Å². The molecule has 2 aromatic carbocycles. The molecule has 0 bridgehead atoms. The van der Waals surface area contributed by atoms with Crippen LogP contribution in [-0.2, 0) is 0 Å². The second-order valence-electron chi connectivity index (χ2n) is 4.84. The number of allylic oxidation sites excluding steroid dienone is 1. The van der Waals surface area contributed by atoms with Crippen LogP contribution in [0.15, 0.2) is 36.4 Å². The number of methoxy groups -OCH3 is 2. The summed E-state index contributed by atoms with van der Waals surface area (Å²) >= 11 is 0. The van der Waals surface area contributed by atoms with Crippen LogP contribution >= 0.6 is 0 Å². The number of carbonyl (C=O) groups is 1. The number of ketones is 1. The van der Waals surface area contributed by atoms with Gasteiger partial charge < -0.3 is 9.47 Å². The number of halogens is 2. The third-order valence-corrected chi connectivity index (χ3v) is 3.34. The lowest BCUT2D eigenvalue weighted by Crippen LogP contribution is -2.00. The largest absolute Gasteiger partial charge is 0.493 e. The Balaban J connectivity index is 2.42. The molecule has 0 unspecified atom stereocenters. The normalized spacial score (nSPS) is 10.7. The van der Waals surface area contributed by atoms with Crippen LogP contribution in [0.25, 0.3) is 6.08 Å². The van der Waals surface area contributed by atoms with E-state index in [0.717, 1.165) is 30.4 Å². The Morgan fingerprint density at radius 1 is 1.12 bits per heavy atom. The van der Waals surface area contributed by atoms with E-state index >= 15 is 0 Å². The minimum Gasteiger partial charge on any atom is -0.493 e. The van der Waals surface area contributed by atoms with Crippen LogP contribution in [-0.4, -0.2) is 24.9 Å². The minimum atomic E-state index is -1.02. The molecule has 0 fully saturated rings. The lowest BCUT2D eigenvalue weighted by atomic mass is 10.1. The number of hydrogen-bond acceptors (Lipinski definition) is 5. The first-order valence-corrected chi connectivity index (χ1v) is 6.95. The summed E-state index contributed by atoms with van der Waals surface area (Å²) in [5, 5.41) is 11.2. The van der Waals surface area contributed by atoms with Gasteiger partial charge in [0.15, 0.2) is 17.3 Å². The molecule has 0 aliphatic carbocycles. The molecule has 0 spiro atoms. The van der Waals surface area contributed by atoms with Gasteiger partial charge in [0.05, 0.1) is 36.3 Å². The van der Waals surface area contributed by atoms with Gasteiger partial charge in [-0.25, -0.2) is 8.78 Å². The van der Waals surface area contributed by atoms with Crippen LogP contribution in [0.2, 0.25) is 0 Å².